The molecule has 4 rings (SSSR count). The molecule has 0 unspecified atom stereocenters. The first-order valence-electron chi connectivity index (χ1n) is 9.62. The van der Waals surface area contributed by atoms with Gasteiger partial charge in [-0.05, 0) is 31.9 Å². The van der Waals surface area contributed by atoms with Crippen LogP contribution in [0.4, 0.5) is 11.4 Å². The number of para-hydroxylation sites is 1. The Labute approximate surface area is 168 Å². The van der Waals surface area contributed by atoms with E-state index in [-0.39, 0.29) is 19.1 Å². The smallest absolute Gasteiger partial charge is 0.341 e. The third-order valence-corrected chi connectivity index (χ3v) is 5.13. The number of aryl methyl sites for hydroxylation is 2. The molecule has 0 fully saturated rings. The van der Waals surface area contributed by atoms with Crippen molar-refractivity contribution in [2.24, 2.45) is 7.05 Å². The van der Waals surface area contributed by atoms with Crippen LogP contribution >= 0.6 is 0 Å². The first-order valence-corrected chi connectivity index (χ1v) is 9.62. The molecule has 0 saturated carbocycles. The van der Waals surface area contributed by atoms with Gasteiger partial charge >= 0.3 is 5.97 Å². The number of nitrogens with one attached hydrogen (secondary N) is 1. The summed E-state index contributed by atoms with van der Waals surface area (Å²) in [5.41, 5.74) is 4.30. The molecule has 0 bridgehead atoms. The van der Waals surface area contributed by atoms with Crippen molar-refractivity contribution in [3.8, 4) is 0 Å². The lowest BCUT2D eigenvalue weighted by atomic mass is 10.1. The van der Waals surface area contributed by atoms with E-state index in [1.807, 2.05) is 31.2 Å². The Kier molecular flexibility index (Phi) is 4.92. The number of esters is 1. The maximum Gasteiger partial charge on any atom is 0.341 e. The molecule has 1 amide bonds. The van der Waals surface area contributed by atoms with Crippen LogP contribution < -0.4 is 10.2 Å². The number of nitrogens with zero attached hydrogens (tertiary/aromatic N) is 4. The Morgan fingerprint density at radius 1 is 1.28 bits per heavy atom. The van der Waals surface area contributed by atoms with E-state index in [1.165, 1.54) is 11.8 Å². The number of amides is 1. The zero-order valence-corrected chi connectivity index (χ0v) is 16.7. The Morgan fingerprint density at radius 2 is 2.07 bits per heavy atom. The van der Waals surface area contributed by atoms with Gasteiger partial charge in [-0.1, -0.05) is 18.2 Å². The second-order valence-corrected chi connectivity index (χ2v) is 6.95. The van der Waals surface area contributed by atoms with Crippen LogP contribution in [0, 0.1) is 6.92 Å². The number of fused-ring (bicyclic) bond motifs is 2. The number of pyridine rings is 1. The summed E-state index contributed by atoms with van der Waals surface area (Å²) in [5.74, 6) is -0.539. The molecule has 0 saturated heterocycles. The minimum atomic E-state index is -0.480. The van der Waals surface area contributed by atoms with E-state index >= 15 is 0 Å². The quantitative estimate of drug-likeness (QED) is 0.670. The highest BCUT2D eigenvalue weighted by atomic mass is 16.5. The lowest BCUT2D eigenvalue weighted by Gasteiger charge is -2.19. The van der Waals surface area contributed by atoms with E-state index in [9.17, 15) is 9.59 Å². The zero-order valence-electron chi connectivity index (χ0n) is 16.7. The third-order valence-electron chi connectivity index (χ3n) is 5.13. The average molecular weight is 393 g/mol. The van der Waals surface area contributed by atoms with Gasteiger partial charge in [0, 0.05) is 25.5 Å². The number of hydrogen-bond donors (Lipinski definition) is 1. The molecule has 0 atom stereocenters. The fourth-order valence-corrected chi connectivity index (χ4v) is 3.82. The third kappa shape index (κ3) is 3.30. The lowest BCUT2D eigenvalue weighted by Crippen LogP contribution is -2.34. The second kappa shape index (κ2) is 7.54. The predicted octanol–water partition coefficient (Wildman–Crippen LogP) is 2.45. The monoisotopic (exact) mass is 393 g/mol. The first-order chi connectivity index (χ1) is 14.0. The number of anilines is 2. The molecule has 0 spiro atoms. The van der Waals surface area contributed by atoms with Crippen LogP contribution in [0.25, 0.3) is 11.0 Å². The van der Waals surface area contributed by atoms with Crippen molar-refractivity contribution in [1.29, 1.82) is 0 Å². The van der Waals surface area contributed by atoms with Gasteiger partial charge in [0.15, 0.2) is 5.65 Å². The molecule has 1 aliphatic heterocycles. The summed E-state index contributed by atoms with van der Waals surface area (Å²) in [6.45, 7) is 4.56. The summed E-state index contributed by atoms with van der Waals surface area (Å²) in [4.78, 5) is 31.5. The van der Waals surface area contributed by atoms with Gasteiger partial charge < -0.3 is 15.0 Å². The van der Waals surface area contributed by atoms with Gasteiger partial charge in [-0.15, -0.1) is 0 Å². The molecule has 1 aromatic carbocycles. The Hall–Kier alpha value is -3.42. The van der Waals surface area contributed by atoms with E-state index in [2.05, 4.69) is 15.4 Å². The van der Waals surface area contributed by atoms with Crippen molar-refractivity contribution in [3.05, 3.63) is 47.3 Å². The summed E-state index contributed by atoms with van der Waals surface area (Å²) in [5, 5.41) is 8.29. The molecule has 0 aliphatic carbocycles. The van der Waals surface area contributed by atoms with Crippen LogP contribution in [-0.4, -0.2) is 46.3 Å². The molecule has 3 heterocycles. The van der Waals surface area contributed by atoms with Crippen molar-refractivity contribution in [2.75, 3.05) is 29.9 Å². The topological polar surface area (TPSA) is 89.3 Å². The van der Waals surface area contributed by atoms with Crippen molar-refractivity contribution >= 4 is 34.3 Å². The molecule has 2 aromatic heterocycles. The standard InChI is InChI=1S/C21H23N5O3/c1-4-29-21(28)15-11-23-20-18(13(2)24-25(20)3)19(15)22-12-17(27)26-10-9-14-7-5-6-8-16(14)26/h5-8,11H,4,9-10,12H2,1-3H3,(H,22,23). The molecule has 8 heteroatoms. The molecule has 1 N–H and O–H groups in total. The van der Waals surface area contributed by atoms with E-state index in [1.54, 1.807) is 23.6 Å². The molecule has 150 valence electrons. The van der Waals surface area contributed by atoms with Crippen molar-refractivity contribution in [1.82, 2.24) is 14.8 Å². The second-order valence-electron chi connectivity index (χ2n) is 6.95. The van der Waals surface area contributed by atoms with Gasteiger partial charge in [-0.2, -0.15) is 5.10 Å². The maximum atomic E-state index is 12.9. The van der Waals surface area contributed by atoms with Gasteiger partial charge in [0.2, 0.25) is 5.91 Å². The summed E-state index contributed by atoms with van der Waals surface area (Å²) in [7, 11) is 1.79. The maximum absolute atomic E-state index is 12.9. The fraction of sp³-hybridized carbons (Fsp3) is 0.333. The van der Waals surface area contributed by atoms with E-state index < -0.39 is 5.97 Å². The number of rotatable bonds is 5. The van der Waals surface area contributed by atoms with Gasteiger partial charge in [-0.3, -0.25) is 9.48 Å². The molecular formula is C21H23N5O3. The number of aromatic nitrogens is 3. The normalized spacial score (nSPS) is 12.9. The first kappa shape index (κ1) is 18.9. The molecule has 1 aliphatic rings. The van der Waals surface area contributed by atoms with Gasteiger partial charge in [0.05, 0.1) is 29.9 Å². The highest BCUT2D eigenvalue weighted by Crippen LogP contribution is 2.30. The van der Waals surface area contributed by atoms with Gasteiger partial charge in [0.25, 0.3) is 0 Å². The SMILES string of the molecule is CCOC(=O)c1cnc2c(c(C)nn2C)c1NCC(=O)N1CCc2ccccc21. The van der Waals surface area contributed by atoms with Crippen molar-refractivity contribution in [3.63, 3.8) is 0 Å². The number of ether oxygens (including phenoxy) is 1. The lowest BCUT2D eigenvalue weighted by molar-refractivity contribution is -0.116. The van der Waals surface area contributed by atoms with Gasteiger partial charge in [0.1, 0.15) is 5.56 Å². The van der Waals surface area contributed by atoms with Gasteiger partial charge in [-0.25, -0.2) is 9.78 Å². The Morgan fingerprint density at radius 3 is 2.86 bits per heavy atom. The molecular weight excluding hydrogens is 370 g/mol. The fourth-order valence-electron chi connectivity index (χ4n) is 3.82. The Balaban J connectivity index is 1.65. The van der Waals surface area contributed by atoms with Crippen LogP contribution in [0.2, 0.25) is 0 Å². The number of hydrogen-bond acceptors (Lipinski definition) is 6. The van der Waals surface area contributed by atoms with Crippen molar-refractivity contribution < 1.29 is 14.3 Å². The molecule has 29 heavy (non-hydrogen) atoms. The number of carbonyl (C=O) groups is 2. The van der Waals surface area contributed by atoms with E-state index in [0.29, 0.717) is 28.8 Å². The van der Waals surface area contributed by atoms with Crippen LogP contribution in [0.3, 0.4) is 0 Å². The van der Waals surface area contributed by atoms with E-state index in [4.69, 9.17) is 4.74 Å². The molecule has 8 nitrogen and oxygen atoms in total. The minimum Gasteiger partial charge on any atom is -0.462 e. The summed E-state index contributed by atoms with van der Waals surface area (Å²) >= 11 is 0. The largest absolute Gasteiger partial charge is 0.462 e. The van der Waals surface area contributed by atoms with Crippen LogP contribution in [-0.2, 0) is 23.0 Å². The molecule has 3 aromatic rings. The predicted molar refractivity (Wildman–Crippen MR) is 110 cm³/mol. The summed E-state index contributed by atoms with van der Waals surface area (Å²) in [6.07, 6.45) is 2.32. The zero-order chi connectivity index (χ0) is 20.5. The average Bonchev–Trinajstić information content (AvgIpc) is 3.27. The number of benzene rings is 1. The van der Waals surface area contributed by atoms with Crippen LogP contribution in [0.15, 0.2) is 30.5 Å². The van der Waals surface area contributed by atoms with Crippen molar-refractivity contribution in [2.45, 2.75) is 20.3 Å². The highest BCUT2D eigenvalue weighted by molar-refractivity contribution is 6.06. The Bertz CT molecular complexity index is 1110. The summed E-state index contributed by atoms with van der Waals surface area (Å²) < 4.78 is 6.83. The van der Waals surface area contributed by atoms with Crippen LogP contribution in [0.1, 0.15) is 28.5 Å². The minimum absolute atomic E-state index is 0.0498. The number of carbonyl (C=O) groups excluding carboxylic acids is 2. The summed E-state index contributed by atoms with van der Waals surface area (Å²) in [6, 6.07) is 7.91. The van der Waals surface area contributed by atoms with E-state index in [0.717, 1.165) is 17.8 Å². The van der Waals surface area contributed by atoms with Crippen LogP contribution in [0.5, 0.6) is 0 Å². The highest BCUT2D eigenvalue weighted by Gasteiger charge is 2.26. The molecule has 0 radical (unpaired) electrons.